The minimum absolute atomic E-state index is 0.644. The van der Waals surface area contributed by atoms with E-state index >= 15 is 0 Å². The zero-order valence-electron chi connectivity index (χ0n) is 10.8. The highest BCUT2D eigenvalue weighted by Gasteiger charge is 2.30. The van der Waals surface area contributed by atoms with Crippen molar-refractivity contribution in [2.75, 3.05) is 13.1 Å². The Morgan fingerprint density at radius 3 is 2.76 bits per heavy atom. The van der Waals surface area contributed by atoms with Gasteiger partial charge in [0.05, 0.1) is 0 Å². The molecule has 0 spiro atoms. The number of hydrogen-bond donors (Lipinski definition) is 1. The molecule has 1 aliphatic heterocycles. The molecule has 0 bridgehead atoms. The summed E-state index contributed by atoms with van der Waals surface area (Å²) in [6, 6.07) is 0.866. The van der Waals surface area contributed by atoms with Gasteiger partial charge in [-0.1, -0.05) is 19.3 Å². The Kier molecular flexibility index (Phi) is 3.19. The Morgan fingerprint density at radius 1 is 1.24 bits per heavy atom. The molecule has 1 aromatic heterocycles. The van der Waals surface area contributed by atoms with Gasteiger partial charge in [-0.25, -0.2) is 4.98 Å². The van der Waals surface area contributed by atoms with Crippen LogP contribution in [0, 0.1) is 6.92 Å². The molecule has 1 atom stereocenters. The molecule has 0 amide bonds. The molecule has 0 unspecified atom stereocenters. The molecule has 1 aromatic rings. The second-order valence-electron chi connectivity index (χ2n) is 5.72. The maximum absolute atomic E-state index is 4.50. The molecule has 94 valence electrons. The van der Waals surface area contributed by atoms with Crippen LogP contribution in [0.2, 0.25) is 0 Å². The maximum atomic E-state index is 4.50. The van der Waals surface area contributed by atoms with Crippen molar-refractivity contribution in [1.82, 2.24) is 14.9 Å². The molecule has 1 saturated heterocycles. The van der Waals surface area contributed by atoms with Crippen molar-refractivity contribution in [2.45, 2.75) is 57.4 Å². The van der Waals surface area contributed by atoms with E-state index in [1.807, 2.05) is 6.20 Å². The maximum Gasteiger partial charge on any atom is 0.110 e. The molecule has 1 N–H and O–H groups in total. The van der Waals surface area contributed by atoms with Crippen molar-refractivity contribution in [3.8, 4) is 0 Å². The summed E-state index contributed by atoms with van der Waals surface area (Å²) in [6.45, 7) is 4.58. The van der Waals surface area contributed by atoms with Gasteiger partial charge in [0.2, 0.25) is 0 Å². The molecular weight excluding hydrogens is 210 g/mol. The molecule has 3 nitrogen and oxygen atoms in total. The van der Waals surface area contributed by atoms with E-state index in [1.165, 1.54) is 63.1 Å². The van der Waals surface area contributed by atoms with Crippen LogP contribution < -0.4 is 0 Å². The van der Waals surface area contributed by atoms with Gasteiger partial charge in [-0.3, -0.25) is 4.90 Å². The number of H-pyrrole nitrogens is 1. The summed E-state index contributed by atoms with van der Waals surface area (Å²) in [5.74, 6) is 1.85. The molecular formula is C14H23N3. The van der Waals surface area contributed by atoms with Crippen molar-refractivity contribution < 1.29 is 0 Å². The Balaban J connectivity index is 1.61. The molecule has 3 heteroatoms. The first-order chi connectivity index (χ1) is 8.33. The van der Waals surface area contributed by atoms with Crippen LogP contribution in [-0.2, 0) is 0 Å². The zero-order valence-corrected chi connectivity index (χ0v) is 10.8. The van der Waals surface area contributed by atoms with Gasteiger partial charge >= 0.3 is 0 Å². The molecule has 3 rings (SSSR count). The second-order valence-corrected chi connectivity index (χ2v) is 5.72. The van der Waals surface area contributed by atoms with Crippen molar-refractivity contribution >= 4 is 0 Å². The number of aromatic amines is 1. The average molecular weight is 233 g/mol. The highest BCUT2D eigenvalue weighted by atomic mass is 15.2. The van der Waals surface area contributed by atoms with E-state index in [0.29, 0.717) is 5.92 Å². The third-order valence-corrected chi connectivity index (χ3v) is 4.42. The van der Waals surface area contributed by atoms with E-state index in [-0.39, 0.29) is 0 Å². The summed E-state index contributed by atoms with van der Waals surface area (Å²) < 4.78 is 0. The SMILES string of the molecule is Cc1cnc([C@@H]2CCN(C3CCCCC3)C2)[nH]1. The number of rotatable bonds is 2. The first-order valence-electron chi connectivity index (χ1n) is 7.08. The van der Waals surface area contributed by atoms with Crippen molar-refractivity contribution in [1.29, 1.82) is 0 Å². The number of aryl methyl sites for hydroxylation is 1. The van der Waals surface area contributed by atoms with Gasteiger partial charge < -0.3 is 4.98 Å². The number of aromatic nitrogens is 2. The molecule has 2 heterocycles. The largest absolute Gasteiger partial charge is 0.346 e. The van der Waals surface area contributed by atoms with Gasteiger partial charge in [0.1, 0.15) is 5.82 Å². The van der Waals surface area contributed by atoms with E-state index in [2.05, 4.69) is 21.8 Å². The van der Waals surface area contributed by atoms with Crippen molar-refractivity contribution in [3.05, 3.63) is 17.7 Å². The fourth-order valence-corrected chi connectivity index (χ4v) is 3.43. The van der Waals surface area contributed by atoms with E-state index < -0.39 is 0 Å². The summed E-state index contributed by atoms with van der Waals surface area (Å²) >= 11 is 0. The average Bonchev–Trinajstić information content (AvgIpc) is 2.98. The summed E-state index contributed by atoms with van der Waals surface area (Å²) in [7, 11) is 0. The van der Waals surface area contributed by atoms with Crippen LogP contribution in [0.3, 0.4) is 0 Å². The lowest BCUT2D eigenvalue weighted by molar-refractivity contribution is 0.189. The number of likely N-dealkylation sites (tertiary alicyclic amines) is 1. The monoisotopic (exact) mass is 233 g/mol. The number of imidazole rings is 1. The van der Waals surface area contributed by atoms with Gasteiger partial charge in [-0.15, -0.1) is 0 Å². The van der Waals surface area contributed by atoms with Gasteiger partial charge in [-0.2, -0.15) is 0 Å². The molecule has 2 fully saturated rings. The highest BCUT2D eigenvalue weighted by molar-refractivity contribution is 5.07. The fourth-order valence-electron chi connectivity index (χ4n) is 3.43. The fraction of sp³-hybridized carbons (Fsp3) is 0.786. The van der Waals surface area contributed by atoms with Crippen LogP contribution in [0.1, 0.15) is 56.0 Å². The molecule has 17 heavy (non-hydrogen) atoms. The Bertz CT molecular complexity index is 365. The van der Waals surface area contributed by atoms with Crippen molar-refractivity contribution in [3.63, 3.8) is 0 Å². The summed E-state index contributed by atoms with van der Waals surface area (Å²) in [5.41, 5.74) is 1.19. The standard InChI is InChI=1S/C14H23N3/c1-11-9-15-14(16-11)12-7-8-17(10-12)13-5-3-2-4-6-13/h9,12-13H,2-8,10H2,1H3,(H,15,16)/t12-/m1/s1. The smallest absolute Gasteiger partial charge is 0.110 e. The third-order valence-electron chi connectivity index (χ3n) is 4.42. The summed E-state index contributed by atoms with van der Waals surface area (Å²) in [4.78, 5) is 10.6. The van der Waals surface area contributed by atoms with Crippen LogP contribution in [0.4, 0.5) is 0 Å². The number of hydrogen-bond acceptors (Lipinski definition) is 2. The van der Waals surface area contributed by atoms with Crippen molar-refractivity contribution in [2.24, 2.45) is 0 Å². The Labute approximate surface area is 104 Å². The van der Waals surface area contributed by atoms with Crippen LogP contribution >= 0.6 is 0 Å². The van der Waals surface area contributed by atoms with E-state index in [9.17, 15) is 0 Å². The number of nitrogens with one attached hydrogen (secondary N) is 1. The third kappa shape index (κ3) is 2.39. The first-order valence-corrected chi connectivity index (χ1v) is 7.08. The molecule has 0 aromatic carbocycles. The van der Waals surface area contributed by atoms with Crippen LogP contribution in [-0.4, -0.2) is 34.0 Å². The highest BCUT2D eigenvalue weighted by Crippen LogP contribution is 2.31. The quantitative estimate of drug-likeness (QED) is 0.851. The van der Waals surface area contributed by atoms with E-state index in [1.54, 1.807) is 0 Å². The van der Waals surface area contributed by atoms with Crippen LogP contribution in [0.25, 0.3) is 0 Å². The predicted octanol–water partition coefficient (Wildman–Crippen LogP) is 2.84. The minimum Gasteiger partial charge on any atom is -0.346 e. The van der Waals surface area contributed by atoms with Gasteiger partial charge in [-0.05, 0) is 32.7 Å². The molecule has 2 aliphatic rings. The molecule has 1 aliphatic carbocycles. The zero-order chi connectivity index (χ0) is 11.7. The lowest BCUT2D eigenvalue weighted by Crippen LogP contribution is -2.34. The topological polar surface area (TPSA) is 31.9 Å². The van der Waals surface area contributed by atoms with E-state index in [4.69, 9.17) is 0 Å². The predicted molar refractivity (Wildman–Crippen MR) is 69.1 cm³/mol. The van der Waals surface area contributed by atoms with Gasteiger partial charge in [0.25, 0.3) is 0 Å². The summed E-state index contributed by atoms with van der Waals surface area (Å²) in [6.07, 6.45) is 10.4. The molecule has 0 radical (unpaired) electrons. The number of nitrogens with zero attached hydrogens (tertiary/aromatic N) is 2. The molecule has 1 saturated carbocycles. The minimum atomic E-state index is 0.644. The Hall–Kier alpha value is -0.830. The lowest BCUT2D eigenvalue weighted by atomic mass is 9.94. The van der Waals surface area contributed by atoms with Gasteiger partial charge in [0.15, 0.2) is 0 Å². The van der Waals surface area contributed by atoms with Gasteiger partial charge in [0, 0.05) is 30.4 Å². The first kappa shape index (κ1) is 11.3. The summed E-state index contributed by atoms with van der Waals surface area (Å²) in [5, 5.41) is 0. The van der Waals surface area contributed by atoms with Crippen LogP contribution in [0.15, 0.2) is 6.20 Å². The second kappa shape index (κ2) is 4.81. The normalized spacial score (nSPS) is 27.7. The van der Waals surface area contributed by atoms with Crippen LogP contribution in [0.5, 0.6) is 0 Å². The lowest BCUT2D eigenvalue weighted by Gasteiger charge is -2.30. The Morgan fingerprint density at radius 2 is 2.06 bits per heavy atom. The van der Waals surface area contributed by atoms with E-state index in [0.717, 1.165) is 6.04 Å².